The van der Waals surface area contributed by atoms with Crippen molar-refractivity contribution in [1.29, 1.82) is 0 Å². The number of nitrogens with one attached hydrogen (secondary N) is 1. The molecule has 0 aromatic heterocycles. The number of carboxylic acid groups (broad SMARTS) is 1. The van der Waals surface area contributed by atoms with Gasteiger partial charge in [0.25, 0.3) is 17.3 Å². The average molecular weight is 371 g/mol. The van der Waals surface area contributed by atoms with Crippen molar-refractivity contribution >= 4 is 35.0 Å². The predicted octanol–water partition coefficient (Wildman–Crippen LogP) is 2.14. The van der Waals surface area contributed by atoms with E-state index in [4.69, 9.17) is 0 Å². The lowest BCUT2D eigenvalue weighted by atomic mass is 10.0. The number of hydrogen-bond donors (Lipinski definition) is 2. The molecule has 0 saturated carbocycles. The summed E-state index contributed by atoms with van der Waals surface area (Å²) >= 11 is 1.50. The highest BCUT2D eigenvalue weighted by atomic mass is 32.2. The molecular formula is C14H17N3O7S. The second-order valence-corrected chi connectivity index (χ2v) is 6.40. The van der Waals surface area contributed by atoms with E-state index >= 15 is 0 Å². The normalized spacial score (nSPS) is 11.6. The summed E-state index contributed by atoms with van der Waals surface area (Å²) in [4.78, 5) is 43.9. The third-order valence-electron chi connectivity index (χ3n) is 3.38. The van der Waals surface area contributed by atoms with Crippen molar-refractivity contribution in [3.8, 4) is 0 Å². The van der Waals surface area contributed by atoms with E-state index in [1.54, 1.807) is 0 Å². The van der Waals surface area contributed by atoms with Crippen LogP contribution in [-0.4, -0.2) is 44.4 Å². The first-order valence-corrected chi connectivity index (χ1v) is 8.39. The molecule has 1 amide bonds. The van der Waals surface area contributed by atoms with E-state index in [1.807, 2.05) is 6.92 Å². The Bertz CT molecular complexity index is 708. The number of non-ortho nitro benzene ring substituents is 1. The number of nitro benzene ring substituents is 2. The van der Waals surface area contributed by atoms with E-state index in [0.717, 1.165) is 17.9 Å². The van der Waals surface area contributed by atoms with Crippen molar-refractivity contribution in [3.05, 3.63) is 43.5 Å². The Labute approximate surface area is 146 Å². The molecule has 1 aromatic carbocycles. The van der Waals surface area contributed by atoms with Gasteiger partial charge in [0.1, 0.15) is 6.04 Å². The van der Waals surface area contributed by atoms with Crippen LogP contribution in [0.1, 0.15) is 29.3 Å². The molecule has 0 radical (unpaired) electrons. The molecule has 0 aliphatic rings. The number of benzene rings is 1. The number of carboxylic acids is 1. The topological polar surface area (TPSA) is 153 Å². The van der Waals surface area contributed by atoms with Gasteiger partial charge in [-0.25, -0.2) is 4.79 Å². The number of carbonyl (C=O) groups is 2. The monoisotopic (exact) mass is 371 g/mol. The Morgan fingerprint density at radius 1 is 1.28 bits per heavy atom. The Balaban J connectivity index is 3.16. The molecule has 0 aliphatic heterocycles. The van der Waals surface area contributed by atoms with Crippen molar-refractivity contribution < 1.29 is 24.5 Å². The largest absolute Gasteiger partial charge is 0.480 e. The van der Waals surface area contributed by atoms with Gasteiger partial charge in [0.2, 0.25) is 0 Å². The van der Waals surface area contributed by atoms with Crippen LogP contribution < -0.4 is 5.32 Å². The van der Waals surface area contributed by atoms with Gasteiger partial charge in [-0.15, -0.1) is 0 Å². The van der Waals surface area contributed by atoms with Crippen molar-refractivity contribution in [2.75, 3.05) is 11.5 Å². The Morgan fingerprint density at radius 2 is 1.92 bits per heavy atom. The highest BCUT2D eigenvalue weighted by molar-refractivity contribution is 7.99. The molecule has 0 fully saturated rings. The molecule has 0 spiro atoms. The molecule has 2 N–H and O–H groups in total. The number of thioether (sulfide) groups is 1. The van der Waals surface area contributed by atoms with Crippen molar-refractivity contribution in [3.63, 3.8) is 0 Å². The van der Waals surface area contributed by atoms with E-state index in [1.165, 1.54) is 18.7 Å². The lowest BCUT2D eigenvalue weighted by Gasteiger charge is -2.15. The van der Waals surface area contributed by atoms with Crippen LogP contribution in [0.15, 0.2) is 12.1 Å². The lowest BCUT2D eigenvalue weighted by molar-refractivity contribution is -0.394. The molecule has 1 aromatic rings. The van der Waals surface area contributed by atoms with Gasteiger partial charge in [-0.2, -0.15) is 11.8 Å². The van der Waals surface area contributed by atoms with E-state index in [-0.39, 0.29) is 17.5 Å². The van der Waals surface area contributed by atoms with Crippen LogP contribution in [0.3, 0.4) is 0 Å². The van der Waals surface area contributed by atoms with E-state index in [0.29, 0.717) is 5.75 Å². The molecule has 0 saturated heterocycles. The zero-order valence-corrected chi connectivity index (χ0v) is 14.4. The molecule has 11 heteroatoms. The number of nitro groups is 2. The van der Waals surface area contributed by atoms with Gasteiger partial charge in [-0.3, -0.25) is 25.0 Å². The van der Waals surface area contributed by atoms with Crippen LogP contribution >= 0.6 is 11.8 Å². The molecule has 0 bridgehead atoms. The number of amides is 1. The van der Waals surface area contributed by atoms with Gasteiger partial charge in [0, 0.05) is 11.6 Å². The fraction of sp³-hybridized carbons (Fsp3) is 0.429. The van der Waals surface area contributed by atoms with Gasteiger partial charge in [0.05, 0.1) is 21.5 Å². The molecule has 1 atom stereocenters. The number of nitrogens with zero attached hydrogens (tertiary/aromatic N) is 2. The first-order chi connectivity index (χ1) is 11.7. The molecule has 0 heterocycles. The molecule has 0 aliphatic carbocycles. The average Bonchev–Trinajstić information content (AvgIpc) is 2.53. The standard InChI is InChI=1S/C14H17N3O7S/c1-3-25-5-4-11(14(19)20)15-13(18)10-6-9(16(21)22)7-12(8(10)2)17(23)24/h6-7,11H,3-5H2,1-2H3,(H,15,18)(H,19,20). The fourth-order valence-corrected chi connectivity index (χ4v) is 2.74. The van der Waals surface area contributed by atoms with Crippen LogP contribution in [-0.2, 0) is 4.79 Å². The maximum atomic E-state index is 12.3. The van der Waals surface area contributed by atoms with Gasteiger partial charge in [-0.05, 0) is 24.9 Å². The molecule has 136 valence electrons. The van der Waals surface area contributed by atoms with Crippen LogP contribution in [0.4, 0.5) is 11.4 Å². The summed E-state index contributed by atoms with van der Waals surface area (Å²) in [6.07, 6.45) is 0.162. The highest BCUT2D eigenvalue weighted by Crippen LogP contribution is 2.28. The molecule has 25 heavy (non-hydrogen) atoms. The van der Waals surface area contributed by atoms with Gasteiger partial charge in [0.15, 0.2) is 0 Å². The van der Waals surface area contributed by atoms with Crippen LogP contribution in [0, 0.1) is 27.2 Å². The molecule has 10 nitrogen and oxygen atoms in total. The van der Waals surface area contributed by atoms with Crippen molar-refractivity contribution in [2.24, 2.45) is 0 Å². The van der Waals surface area contributed by atoms with E-state index in [2.05, 4.69) is 5.32 Å². The summed E-state index contributed by atoms with van der Waals surface area (Å²) in [7, 11) is 0. The molecular weight excluding hydrogens is 354 g/mol. The third kappa shape index (κ3) is 5.41. The zero-order valence-electron chi connectivity index (χ0n) is 13.6. The predicted molar refractivity (Wildman–Crippen MR) is 91.0 cm³/mol. The zero-order chi connectivity index (χ0) is 19.1. The first-order valence-electron chi connectivity index (χ1n) is 7.23. The first kappa shape index (κ1) is 20.4. The summed E-state index contributed by atoms with van der Waals surface area (Å²) in [6, 6.07) is 0.472. The summed E-state index contributed by atoms with van der Waals surface area (Å²) in [5.74, 6) is -0.862. The maximum absolute atomic E-state index is 12.3. The SMILES string of the molecule is CCSCCC(NC(=O)c1cc([N+](=O)[O-])cc([N+](=O)[O-])c1C)C(=O)O. The Hall–Kier alpha value is -2.69. The second-order valence-electron chi connectivity index (χ2n) is 5.00. The lowest BCUT2D eigenvalue weighted by Crippen LogP contribution is -2.41. The fourth-order valence-electron chi connectivity index (χ4n) is 2.05. The molecule has 1 unspecified atom stereocenters. The summed E-state index contributed by atoms with van der Waals surface area (Å²) < 4.78 is 0. The van der Waals surface area contributed by atoms with Crippen molar-refractivity contribution in [2.45, 2.75) is 26.3 Å². The van der Waals surface area contributed by atoms with Crippen molar-refractivity contribution in [1.82, 2.24) is 5.32 Å². The Morgan fingerprint density at radius 3 is 2.40 bits per heavy atom. The van der Waals surface area contributed by atoms with E-state index in [9.17, 15) is 34.9 Å². The third-order valence-corrected chi connectivity index (χ3v) is 4.31. The summed E-state index contributed by atoms with van der Waals surface area (Å²) in [5.41, 5.74) is -1.56. The summed E-state index contributed by atoms with van der Waals surface area (Å²) in [5, 5.41) is 33.4. The number of rotatable bonds is 9. The van der Waals surface area contributed by atoms with Crippen LogP contribution in [0.5, 0.6) is 0 Å². The number of hydrogen-bond acceptors (Lipinski definition) is 7. The minimum absolute atomic E-state index is 0.0693. The minimum atomic E-state index is -1.25. The quantitative estimate of drug-likeness (QED) is 0.380. The smallest absolute Gasteiger partial charge is 0.326 e. The van der Waals surface area contributed by atoms with Gasteiger partial charge < -0.3 is 10.4 Å². The molecule has 1 rings (SSSR count). The minimum Gasteiger partial charge on any atom is -0.480 e. The Kier molecular flexibility index (Phi) is 7.30. The highest BCUT2D eigenvalue weighted by Gasteiger charge is 2.27. The van der Waals surface area contributed by atoms with E-state index < -0.39 is 39.1 Å². The number of aliphatic carboxylic acids is 1. The summed E-state index contributed by atoms with van der Waals surface area (Å²) in [6.45, 7) is 3.18. The van der Waals surface area contributed by atoms with Gasteiger partial charge in [-0.1, -0.05) is 6.92 Å². The maximum Gasteiger partial charge on any atom is 0.326 e. The van der Waals surface area contributed by atoms with Crippen LogP contribution in [0.25, 0.3) is 0 Å². The number of carbonyl (C=O) groups excluding carboxylic acids is 1. The van der Waals surface area contributed by atoms with Crippen LogP contribution in [0.2, 0.25) is 0 Å². The second kappa shape index (κ2) is 8.97. The van der Waals surface area contributed by atoms with Gasteiger partial charge >= 0.3 is 5.97 Å².